The van der Waals surface area contributed by atoms with Crippen molar-refractivity contribution in [3.63, 3.8) is 0 Å². The van der Waals surface area contributed by atoms with Crippen LogP contribution in [0.3, 0.4) is 0 Å². The van der Waals surface area contributed by atoms with Gasteiger partial charge in [0.2, 0.25) is 9.84 Å². The molecule has 0 saturated carbocycles. The highest BCUT2D eigenvalue weighted by Crippen LogP contribution is 2.37. The van der Waals surface area contributed by atoms with Gasteiger partial charge < -0.3 is 0 Å². The molecule has 4 nitrogen and oxygen atoms in total. The van der Waals surface area contributed by atoms with Crippen molar-refractivity contribution in [3.05, 3.63) is 71.7 Å². The van der Waals surface area contributed by atoms with Crippen molar-refractivity contribution in [2.45, 2.75) is 29.9 Å². The molecule has 0 aliphatic heterocycles. The summed E-state index contributed by atoms with van der Waals surface area (Å²) in [7, 11) is -4.42. The first-order valence-electron chi connectivity index (χ1n) is 7.64. The first kappa shape index (κ1) is 18.2. The van der Waals surface area contributed by atoms with E-state index < -0.39 is 26.7 Å². The molecule has 0 amide bonds. The van der Waals surface area contributed by atoms with Crippen LogP contribution in [0.25, 0.3) is 5.69 Å². The Kier molecular flexibility index (Phi) is 4.39. The fraction of sp³-hybridized carbons (Fsp3) is 0.167. The summed E-state index contributed by atoms with van der Waals surface area (Å²) in [6.45, 7) is 3.40. The van der Waals surface area contributed by atoms with E-state index in [1.165, 1.54) is 30.3 Å². The fourth-order valence-corrected chi connectivity index (χ4v) is 4.00. The molecule has 8 heteroatoms. The molecule has 26 heavy (non-hydrogen) atoms. The van der Waals surface area contributed by atoms with Crippen LogP contribution in [-0.2, 0) is 16.0 Å². The first-order chi connectivity index (χ1) is 12.1. The molecule has 0 bridgehead atoms. The van der Waals surface area contributed by atoms with Crippen molar-refractivity contribution in [3.8, 4) is 5.69 Å². The number of hydrogen-bond acceptors (Lipinski definition) is 3. The van der Waals surface area contributed by atoms with Gasteiger partial charge in [0.1, 0.15) is 6.33 Å². The maximum atomic E-state index is 13.7. The predicted octanol–water partition coefficient (Wildman–Crippen LogP) is 4.34. The van der Waals surface area contributed by atoms with Crippen LogP contribution in [-0.4, -0.2) is 18.0 Å². The highest BCUT2D eigenvalue weighted by atomic mass is 32.2. The molecule has 2 aromatic carbocycles. The van der Waals surface area contributed by atoms with Gasteiger partial charge >= 0.3 is 6.18 Å². The zero-order valence-electron chi connectivity index (χ0n) is 13.9. The molecule has 0 spiro atoms. The number of hydrogen-bond donors (Lipinski definition) is 0. The molecule has 0 radical (unpaired) electrons. The SMILES string of the molecule is Cc1ccc(S(=O)(=O)c2ncn(-c3ccccc3C)c2C(F)(F)F)cc1. The number of rotatable bonds is 3. The lowest BCUT2D eigenvalue weighted by atomic mass is 10.2. The summed E-state index contributed by atoms with van der Waals surface area (Å²) in [6.07, 6.45) is -4.00. The number of imidazole rings is 1. The maximum absolute atomic E-state index is 13.7. The molecule has 0 aliphatic carbocycles. The molecular weight excluding hydrogens is 365 g/mol. The third-order valence-corrected chi connectivity index (χ3v) is 5.66. The summed E-state index contributed by atoms with van der Waals surface area (Å²) in [5, 5.41) is -1.00. The maximum Gasteiger partial charge on any atom is 0.434 e. The van der Waals surface area contributed by atoms with E-state index in [9.17, 15) is 21.6 Å². The Balaban J connectivity index is 2.27. The molecule has 0 saturated heterocycles. The molecule has 0 fully saturated rings. The average molecular weight is 380 g/mol. The number of halogens is 3. The third kappa shape index (κ3) is 3.12. The Morgan fingerprint density at radius 3 is 2.15 bits per heavy atom. The number of aromatic nitrogens is 2. The van der Waals surface area contributed by atoms with Gasteiger partial charge in [-0.3, -0.25) is 4.57 Å². The second-order valence-corrected chi connectivity index (χ2v) is 7.73. The normalized spacial score (nSPS) is 12.3. The Morgan fingerprint density at radius 2 is 1.58 bits per heavy atom. The minimum Gasteiger partial charge on any atom is -0.294 e. The zero-order valence-corrected chi connectivity index (χ0v) is 14.8. The number of nitrogens with zero attached hydrogens (tertiary/aromatic N) is 2. The number of alkyl halides is 3. The van der Waals surface area contributed by atoms with Gasteiger partial charge in [-0.05, 0) is 37.6 Å². The lowest BCUT2D eigenvalue weighted by molar-refractivity contribution is -0.144. The molecule has 0 atom stereocenters. The van der Waals surface area contributed by atoms with Crippen LogP contribution in [0, 0.1) is 13.8 Å². The van der Waals surface area contributed by atoms with Gasteiger partial charge in [0.05, 0.1) is 10.6 Å². The Labute approximate surface area is 148 Å². The largest absolute Gasteiger partial charge is 0.434 e. The van der Waals surface area contributed by atoms with E-state index in [1.54, 1.807) is 32.0 Å². The average Bonchev–Trinajstić information content (AvgIpc) is 3.01. The smallest absolute Gasteiger partial charge is 0.294 e. The lowest BCUT2D eigenvalue weighted by Crippen LogP contribution is -2.17. The van der Waals surface area contributed by atoms with Crippen molar-refractivity contribution in [1.82, 2.24) is 9.55 Å². The van der Waals surface area contributed by atoms with Gasteiger partial charge in [0, 0.05) is 0 Å². The molecule has 1 heterocycles. The number of benzene rings is 2. The third-order valence-electron chi connectivity index (χ3n) is 3.96. The van der Waals surface area contributed by atoms with Gasteiger partial charge in [-0.25, -0.2) is 13.4 Å². The van der Waals surface area contributed by atoms with Crippen LogP contribution in [0.1, 0.15) is 16.8 Å². The summed E-state index contributed by atoms with van der Waals surface area (Å²) < 4.78 is 67.5. The molecule has 0 aliphatic rings. The molecular formula is C18H15F3N2O2S. The van der Waals surface area contributed by atoms with Crippen LogP contribution in [0.5, 0.6) is 0 Å². The second kappa shape index (κ2) is 6.28. The van der Waals surface area contributed by atoms with Crippen molar-refractivity contribution < 1.29 is 21.6 Å². The molecule has 1 aromatic heterocycles. The van der Waals surface area contributed by atoms with Gasteiger partial charge in [0.25, 0.3) is 0 Å². The van der Waals surface area contributed by atoms with E-state index in [-0.39, 0.29) is 10.6 Å². The fourth-order valence-electron chi connectivity index (χ4n) is 2.63. The number of aryl methyl sites for hydroxylation is 2. The van der Waals surface area contributed by atoms with E-state index in [2.05, 4.69) is 4.98 Å². The van der Waals surface area contributed by atoms with Crippen LogP contribution >= 0.6 is 0 Å². The summed E-state index contributed by atoms with van der Waals surface area (Å²) >= 11 is 0. The van der Waals surface area contributed by atoms with Gasteiger partial charge in [-0.1, -0.05) is 35.9 Å². The Hall–Kier alpha value is -2.61. The highest BCUT2D eigenvalue weighted by molar-refractivity contribution is 7.91. The topological polar surface area (TPSA) is 52.0 Å². The summed E-state index contributed by atoms with van der Waals surface area (Å²) in [6, 6.07) is 12.0. The van der Waals surface area contributed by atoms with Crippen LogP contribution < -0.4 is 0 Å². The highest BCUT2D eigenvalue weighted by Gasteiger charge is 2.43. The van der Waals surface area contributed by atoms with Crippen LogP contribution in [0.4, 0.5) is 13.2 Å². The molecule has 0 unspecified atom stereocenters. The zero-order chi connectivity index (χ0) is 19.1. The molecule has 136 valence electrons. The van der Waals surface area contributed by atoms with Gasteiger partial charge in [0.15, 0.2) is 10.7 Å². The van der Waals surface area contributed by atoms with Crippen molar-refractivity contribution >= 4 is 9.84 Å². The quantitative estimate of drug-likeness (QED) is 0.679. The second-order valence-electron chi connectivity index (χ2n) is 5.87. The number of para-hydroxylation sites is 1. The Morgan fingerprint density at radius 1 is 0.962 bits per heavy atom. The van der Waals surface area contributed by atoms with E-state index in [1.807, 2.05) is 0 Å². The van der Waals surface area contributed by atoms with Crippen molar-refractivity contribution in [2.75, 3.05) is 0 Å². The standard InChI is InChI=1S/C18H15F3N2O2S/c1-12-7-9-14(10-8-12)26(24,25)17-16(18(19,20)21)23(11-22-17)15-6-4-3-5-13(15)2/h3-11H,1-2H3. The van der Waals surface area contributed by atoms with Gasteiger partial charge in [-0.15, -0.1) is 0 Å². The molecule has 3 rings (SSSR count). The van der Waals surface area contributed by atoms with Crippen LogP contribution in [0.2, 0.25) is 0 Å². The van der Waals surface area contributed by atoms with E-state index in [4.69, 9.17) is 0 Å². The van der Waals surface area contributed by atoms with Gasteiger partial charge in [-0.2, -0.15) is 13.2 Å². The first-order valence-corrected chi connectivity index (χ1v) is 9.13. The number of sulfone groups is 1. The minimum absolute atomic E-state index is 0.220. The Bertz CT molecular complexity index is 1050. The summed E-state index contributed by atoms with van der Waals surface area (Å²) in [5.41, 5.74) is 0.269. The van der Waals surface area contributed by atoms with E-state index in [0.29, 0.717) is 5.56 Å². The van der Waals surface area contributed by atoms with Crippen molar-refractivity contribution in [1.29, 1.82) is 0 Å². The molecule has 3 aromatic rings. The summed E-state index contributed by atoms with van der Waals surface area (Å²) in [4.78, 5) is 3.39. The van der Waals surface area contributed by atoms with E-state index in [0.717, 1.165) is 16.5 Å². The lowest BCUT2D eigenvalue weighted by Gasteiger charge is -2.14. The predicted molar refractivity (Wildman–Crippen MR) is 89.9 cm³/mol. The molecule has 0 N–H and O–H groups in total. The minimum atomic E-state index is -4.90. The van der Waals surface area contributed by atoms with E-state index >= 15 is 0 Å². The monoisotopic (exact) mass is 380 g/mol. The van der Waals surface area contributed by atoms with Crippen molar-refractivity contribution in [2.24, 2.45) is 0 Å². The summed E-state index contributed by atoms with van der Waals surface area (Å²) in [5.74, 6) is 0. The van der Waals surface area contributed by atoms with Crippen LogP contribution in [0.15, 0.2) is 64.8 Å².